The van der Waals surface area contributed by atoms with Crippen molar-refractivity contribution in [2.75, 3.05) is 11.5 Å². The highest BCUT2D eigenvalue weighted by atomic mass is 32.1. The maximum absolute atomic E-state index is 13.3. The first kappa shape index (κ1) is 20.0. The standard InChI is InChI=1S/C24H23N3O2S/c1-3-29-20-12-10-18(11-13-20)15-22(28)27(16-19-8-4-5-14-25-19)24-26-23-17(2)7-6-9-21(23)30-24/h4-14H,3,15-16H2,1-2H3. The number of pyridine rings is 1. The van der Waals surface area contributed by atoms with Crippen LogP contribution >= 0.6 is 11.3 Å². The highest BCUT2D eigenvalue weighted by molar-refractivity contribution is 7.22. The van der Waals surface area contributed by atoms with Gasteiger partial charge in [-0.05, 0) is 55.3 Å². The van der Waals surface area contributed by atoms with Gasteiger partial charge >= 0.3 is 0 Å². The molecule has 0 aliphatic carbocycles. The van der Waals surface area contributed by atoms with Crippen LogP contribution in [0.2, 0.25) is 0 Å². The van der Waals surface area contributed by atoms with Crippen LogP contribution in [0.3, 0.4) is 0 Å². The van der Waals surface area contributed by atoms with Gasteiger partial charge in [-0.15, -0.1) is 0 Å². The third-order valence-electron chi connectivity index (χ3n) is 4.78. The van der Waals surface area contributed by atoms with Crippen molar-refractivity contribution in [1.82, 2.24) is 9.97 Å². The van der Waals surface area contributed by atoms with Crippen LogP contribution in [0.15, 0.2) is 66.9 Å². The number of ether oxygens (including phenoxy) is 1. The zero-order valence-corrected chi connectivity index (χ0v) is 17.9. The molecule has 0 atom stereocenters. The molecule has 2 aromatic carbocycles. The molecule has 0 radical (unpaired) electrons. The average molecular weight is 418 g/mol. The normalized spacial score (nSPS) is 10.9. The lowest BCUT2D eigenvalue weighted by Gasteiger charge is -2.19. The molecule has 0 saturated carbocycles. The second-order valence-electron chi connectivity index (χ2n) is 6.97. The molecule has 0 fully saturated rings. The summed E-state index contributed by atoms with van der Waals surface area (Å²) in [5.41, 5.74) is 3.81. The lowest BCUT2D eigenvalue weighted by molar-refractivity contribution is -0.118. The van der Waals surface area contributed by atoms with Crippen molar-refractivity contribution in [3.05, 3.63) is 83.7 Å². The molecule has 0 unspecified atom stereocenters. The van der Waals surface area contributed by atoms with Gasteiger partial charge in [-0.2, -0.15) is 0 Å². The summed E-state index contributed by atoms with van der Waals surface area (Å²) in [6.07, 6.45) is 2.03. The van der Waals surface area contributed by atoms with E-state index >= 15 is 0 Å². The number of thiazole rings is 1. The molecular weight excluding hydrogens is 394 g/mol. The molecule has 5 nitrogen and oxygen atoms in total. The molecule has 1 amide bonds. The van der Waals surface area contributed by atoms with E-state index in [0.29, 0.717) is 18.3 Å². The lowest BCUT2D eigenvalue weighted by Crippen LogP contribution is -2.32. The van der Waals surface area contributed by atoms with Crippen LogP contribution in [0.1, 0.15) is 23.7 Å². The fourth-order valence-electron chi connectivity index (χ4n) is 3.25. The monoisotopic (exact) mass is 417 g/mol. The zero-order chi connectivity index (χ0) is 20.9. The van der Waals surface area contributed by atoms with E-state index in [1.165, 1.54) is 11.3 Å². The number of para-hydroxylation sites is 1. The molecule has 0 saturated heterocycles. The number of hydrogen-bond donors (Lipinski definition) is 0. The molecule has 4 rings (SSSR count). The highest BCUT2D eigenvalue weighted by Crippen LogP contribution is 2.31. The Kier molecular flexibility index (Phi) is 6.05. The van der Waals surface area contributed by atoms with Crippen LogP contribution in [0, 0.1) is 6.92 Å². The molecule has 2 heterocycles. The first-order chi connectivity index (χ1) is 14.6. The topological polar surface area (TPSA) is 55.3 Å². The van der Waals surface area contributed by atoms with Crippen LogP contribution in [-0.2, 0) is 17.8 Å². The summed E-state index contributed by atoms with van der Waals surface area (Å²) in [5, 5.41) is 0.695. The van der Waals surface area contributed by atoms with Crippen LogP contribution < -0.4 is 9.64 Å². The predicted molar refractivity (Wildman–Crippen MR) is 121 cm³/mol. The predicted octanol–water partition coefficient (Wildman–Crippen LogP) is 5.17. The lowest BCUT2D eigenvalue weighted by atomic mass is 10.1. The van der Waals surface area contributed by atoms with Crippen LogP contribution in [-0.4, -0.2) is 22.5 Å². The van der Waals surface area contributed by atoms with Crippen molar-refractivity contribution in [2.45, 2.75) is 26.8 Å². The SMILES string of the molecule is CCOc1ccc(CC(=O)N(Cc2ccccn2)c2nc3c(C)cccc3s2)cc1. The Balaban J connectivity index is 1.63. The number of benzene rings is 2. The van der Waals surface area contributed by atoms with E-state index in [-0.39, 0.29) is 12.3 Å². The summed E-state index contributed by atoms with van der Waals surface area (Å²) < 4.78 is 6.57. The number of carbonyl (C=O) groups is 1. The molecule has 0 bridgehead atoms. The highest BCUT2D eigenvalue weighted by Gasteiger charge is 2.21. The van der Waals surface area contributed by atoms with Crippen LogP contribution in [0.5, 0.6) is 5.75 Å². The van der Waals surface area contributed by atoms with Crippen molar-refractivity contribution in [3.8, 4) is 5.75 Å². The van der Waals surface area contributed by atoms with Crippen LogP contribution in [0.25, 0.3) is 10.2 Å². The van der Waals surface area contributed by atoms with Crippen LogP contribution in [0.4, 0.5) is 5.13 Å². The van der Waals surface area contributed by atoms with E-state index in [9.17, 15) is 4.79 Å². The number of aromatic nitrogens is 2. The van der Waals surface area contributed by atoms with Crippen molar-refractivity contribution in [1.29, 1.82) is 0 Å². The fraction of sp³-hybridized carbons (Fsp3) is 0.208. The first-order valence-electron chi connectivity index (χ1n) is 9.92. The van der Waals surface area contributed by atoms with Gasteiger partial charge in [0.1, 0.15) is 5.75 Å². The minimum Gasteiger partial charge on any atom is -0.494 e. The van der Waals surface area contributed by atoms with Gasteiger partial charge in [-0.1, -0.05) is 41.7 Å². The number of amides is 1. The van der Waals surface area contributed by atoms with Crippen molar-refractivity contribution < 1.29 is 9.53 Å². The van der Waals surface area contributed by atoms with Gasteiger partial charge in [-0.3, -0.25) is 14.7 Å². The van der Waals surface area contributed by atoms with Crippen molar-refractivity contribution >= 4 is 32.6 Å². The van der Waals surface area contributed by atoms with Gasteiger partial charge in [0.15, 0.2) is 5.13 Å². The summed E-state index contributed by atoms with van der Waals surface area (Å²) >= 11 is 1.53. The minimum absolute atomic E-state index is 0.0125. The number of hydrogen-bond acceptors (Lipinski definition) is 5. The van der Waals surface area contributed by atoms with Gasteiger partial charge in [0, 0.05) is 6.20 Å². The van der Waals surface area contributed by atoms with Gasteiger partial charge < -0.3 is 4.74 Å². The third kappa shape index (κ3) is 4.49. The minimum atomic E-state index is -0.0125. The molecular formula is C24H23N3O2S. The Hall–Kier alpha value is -3.25. The number of carbonyl (C=O) groups excluding carboxylic acids is 1. The van der Waals surface area contributed by atoms with Crippen molar-refractivity contribution in [3.63, 3.8) is 0 Å². The summed E-state index contributed by atoms with van der Waals surface area (Å²) in [6.45, 7) is 4.99. The fourth-order valence-corrected chi connectivity index (χ4v) is 4.31. The molecule has 0 N–H and O–H groups in total. The average Bonchev–Trinajstić information content (AvgIpc) is 3.20. The number of anilines is 1. The van der Waals surface area contributed by atoms with E-state index in [2.05, 4.69) is 4.98 Å². The van der Waals surface area contributed by atoms with Gasteiger partial charge in [0.05, 0.1) is 35.5 Å². The molecule has 152 valence electrons. The number of nitrogens with zero attached hydrogens (tertiary/aromatic N) is 3. The summed E-state index contributed by atoms with van der Waals surface area (Å²) in [5.74, 6) is 0.794. The molecule has 30 heavy (non-hydrogen) atoms. The summed E-state index contributed by atoms with van der Waals surface area (Å²) in [6, 6.07) is 19.5. The largest absolute Gasteiger partial charge is 0.494 e. The van der Waals surface area contributed by atoms with Gasteiger partial charge in [0.2, 0.25) is 5.91 Å². The van der Waals surface area contributed by atoms with E-state index in [1.54, 1.807) is 11.1 Å². The molecule has 0 spiro atoms. The van der Waals surface area contributed by atoms with E-state index in [0.717, 1.165) is 32.8 Å². The van der Waals surface area contributed by atoms with E-state index in [4.69, 9.17) is 9.72 Å². The summed E-state index contributed by atoms with van der Waals surface area (Å²) in [4.78, 5) is 24.3. The second kappa shape index (κ2) is 9.05. The molecule has 4 aromatic rings. The maximum Gasteiger partial charge on any atom is 0.233 e. The Morgan fingerprint density at radius 3 is 2.60 bits per heavy atom. The quantitative estimate of drug-likeness (QED) is 0.416. The Morgan fingerprint density at radius 2 is 1.90 bits per heavy atom. The molecule has 2 aromatic heterocycles. The maximum atomic E-state index is 13.3. The smallest absolute Gasteiger partial charge is 0.233 e. The number of aryl methyl sites for hydroxylation is 1. The Morgan fingerprint density at radius 1 is 1.07 bits per heavy atom. The van der Waals surface area contributed by atoms with Gasteiger partial charge in [0.25, 0.3) is 0 Å². The molecule has 6 heteroatoms. The zero-order valence-electron chi connectivity index (χ0n) is 17.0. The van der Waals surface area contributed by atoms with Gasteiger partial charge in [-0.25, -0.2) is 4.98 Å². The number of rotatable bonds is 7. The molecule has 0 aliphatic heterocycles. The molecule has 0 aliphatic rings. The number of fused-ring (bicyclic) bond motifs is 1. The summed E-state index contributed by atoms with van der Waals surface area (Å²) in [7, 11) is 0. The van der Waals surface area contributed by atoms with Crippen molar-refractivity contribution in [2.24, 2.45) is 0 Å². The second-order valence-corrected chi connectivity index (χ2v) is 7.98. The Labute approximate surface area is 180 Å². The Bertz CT molecular complexity index is 1140. The van der Waals surface area contributed by atoms with E-state index in [1.807, 2.05) is 74.5 Å². The van der Waals surface area contributed by atoms with E-state index < -0.39 is 0 Å². The third-order valence-corrected chi connectivity index (χ3v) is 5.82. The first-order valence-corrected chi connectivity index (χ1v) is 10.7.